The van der Waals surface area contributed by atoms with Gasteiger partial charge in [0.25, 0.3) is 0 Å². The molecule has 132 valence electrons. The van der Waals surface area contributed by atoms with Gasteiger partial charge in [0.1, 0.15) is 11.6 Å². The van der Waals surface area contributed by atoms with Crippen molar-refractivity contribution in [1.82, 2.24) is 14.9 Å². The second-order valence-corrected chi connectivity index (χ2v) is 5.55. The highest BCUT2D eigenvalue weighted by molar-refractivity contribution is 7.71. The molecule has 0 radical (unpaired) electrons. The van der Waals surface area contributed by atoms with Crippen molar-refractivity contribution in [2.24, 2.45) is 5.10 Å². The number of aromatic nitrogens is 3. The Hall–Kier alpha value is -3.33. The predicted molar refractivity (Wildman–Crippen MR) is 95.4 cm³/mol. The van der Waals surface area contributed by atoms with E-state index >= 15 is 0 Å². The highest BCUT2D eigenvalue weighted by Gasteiger charge is 2.08. The van der Waals surface area contributed by atoms with E-state index in [4.69, 9.17) is 22.1 Å². The highest BCUT2D eigenvalue weighted by atomic mass is 32.1. The summed E-state index contributed by atoms with van der Waals surface area (Å²) in [5.74, 6) is -0.495. The number of benzene rings is 2. The number of carboxylic acids is 1. The number of hydrogen-bond acceptors (Lipinski definition) is 5. The van der Waals surface area contributed by atoms with E-state index in [0.29, 0.717) is 21.9 Å². The van der Waals surface area contributed by atoms with Crippen molar-refractivity contribution in [2.45, 2.75) is 0 Å². The van der Waals surface area contributed by atoms with Gasteiger partial charge in [-0.2, -0.15) is 14.9 Å². The lowest BCUT2D eigenvalue weighted by molar-refractivity contribution is -0.139. The van der Waals surface area contributed by atoms with Crippen molar-refractivity contribution < 1.29 is 19.0 Å². The number of aliphatic carboxylic acids is 1. The van der Waals surface area contributed by atoms with Crippen LogP contribution in [0.25, 0.3) is 11.4 Å². The number of nitrogens with one attached hydrogen (secondary N) is 1. The molecule has 0 spiro atoms. The van der Waals surface area contributed by atoms with Gasteiger partial charge in [-0.05, 0) is 66.3 Å². The molecule has 0 aliphatic carbocycles. The molecule has 0 amide bonds. The number of ether oxygens (including phenoxy) is 1. The molecule has 3 rings (SSSR count). The van der Waals surface area contributed by atoms with E-state index in [9.17, 15) is 9.18 Å². The maximum absolute atomic E-state index is 13.1. The number of halogens is 1. The standard InChI is InChI=1S/C17H13FN4O3S/c18-13-5-3-12(4-6-13)16-20-21-17(26)22(16)19-9-11-1-7-14(8-2-11)25-10-15(23)24/h1-9H,10H2,(H,21,26)(H,23,24)/b19-9+. The summed E-state index contributed by atoms with van der Waals surface area (Å²) in [6, 6.07) is 12.6. The largest absolute Gasteiger partial charge is 0.482 e. The monoisotopic (exact) mass is 372 g/mol. The molecule has 1 aromatic heterocycles. The fourth-order valence-electron chi connectivity index (χ4n) is 2.10. The molecular formula is C17H13FN4O3S. The van der Waals surface area contributed by atoms with Gasteiger partial charge in [-0.15, -0.1) is 0 Å². The smallest absolute Gasteiger partial charge is 0.341 e. The van der Waals surface area contributed by atoms with Crippen molar-refractivity contribution in [1.29, 1.82) is 0 Å². The molecule has 0 saturated carbocycles. The molecule has 7 nitrogen and oxygen atoms in total. The summed E-state index contributed by atoms with van der Waals surface area (Å²) in [6.07, 6.45) is 1.57. The Kier molecular flexibility index (Phi) is 5.18. The Morgan fingerprint density at radius 3 is 2.62 bits per heavy atom. The van der Waals surface area contributed by atoms with Crippen LogP contribution in [0.2, 0.25) is 0 Å². The molecule has 2 aromatic carbocycles. The first-order chi connectivity index (χ1) is 12.5. The van der Waals surface area contributed by atoms with Crippen LogP contribution >= 0.6 is 12.2 Å². The number of carboxylic acid groups (broad SMARTS) is 1. The fraction of sp³-hybridized carbons (Fsp3) is 0.0588. The Balaban J connectivity index is 1.80. The first-order valence-electron chi connectivity index (χ1n) is 7.45. The normalized spacial score (nSPS) is 11.0. The lowest BCUT2D eigenvalue weighted by Crippen LogP contribution is -2.09. The van der Waals surface area contributed by atoms with Crippen LogP contribution in [0.15, 0.2) is 53.6 Å². The van der Waals surface area contributed by atoms with Crippen molar-refractivity contribution >= 4 is 24.4 Å². The molecule has 0 aliphatic rings. The zero-order valence-electron chi connectivity index (χ0n) is 13.3. The SMILES string of the molecule is O=C(O)COc1ccc(/C=N/n2c(-c3ccc(F)cc3)n[nH]c2=S)cc1. The molecule has 0 atom stereocenters. The van der Waals surface area contributed by atoms with Gasteiger partial charge in [0.2, 0.25) is 4.77 Å². The maximum atomic E-state index is 13.1. The van der Waals surface area contributed by atoms with Crippen LogP contribution in [0.1, 0.15) is 5.56 Å². The van der Waals surface area contributed by atoms with Crippen LogP contribution in [-0.2, 0) is 4.79 Å². The van der Waals surface area contributed by atoms with E-state index in [-0.39, 0.29) is 5.82 Å². The maximum Gasteiger partial charge on any atom is 0.341 e. The van der Waals surface area contributed by atoms with Gasteiger partial charge < -0.3 is 9.84 Å². The lowest BCUT2D eigenvalue weighted by atomic mass is 10.2. The summed E-state index contributed by atoms with van der Waals surface area (Å²) in [5, 5.41) is 19.7. The summed E-state index contributed by atoms with van der Waals surface area (Å²) in [4.78, 5) is 10.5. The molecule has 9 heteroatoms. The van der Waals surface area contributed by atoms with Crippen LogP contribution in [0.5, 0.6) is 5.75 Å². The number of aromatic amines is 1. The number of H-pyrrole nitrogens is 1. The summed E-state index contributed by atoms with van der Waals surface area (Å²) < 4.78 is 19.9. The van der Waals surface area contributed by atoms with E-state index in [1.165, 1.54) is 16.8 Å². The van der Waals surface area contributed by atoms with Crippen LogP contribution in [0.4, 0.5) is 4.39 Å². The van der Waals surface area contributed by atoms with E-state index in [2.05, 4.69) is 15.3 Å². The molecule has 1 heterocycles. The molecule has 0 bridgehead atoms. The third-order valence-electron chi connectivity index (χ3n) is 3.32. The van der Waals surface area contributed by atoms with Gasteiger partial charge in [0.05, 0.1) is 6.21 Å². The molecule has 0 aliphatic heterocycles. The second-order valence-electron chi connectivity index (χ2n) is 5.17. The summed E-state index contributed by atoms with van der Waals surface area (Å²) in [6.45, 7) is -0.404. The third kappa shape index (κ3) is 4.19. The Morgan fingerprint density at radius 2 is 1.96 bits per heavy atom. The van der Waals surface area contributed by atoms with Gasteiger partial charge in [-0.3, -0.25) is 0 Å². The summed E-state index contributed by atoms with van der Waals surface area (Å²) >= 11 is 5.18. The lowest BCUT2D eigenvalue weighted by Gasteiger charge is -2.03. The van der Waals surface area contributed by atoms with Crippen molar-refractivity contribution in [3.05, 3.63) is 64.7 Å². The van der Waals surface area contributed by atoms with E-state index in [0.717, 1.165) is 5.56 Å². The van der Waals surface area contributed by atoms with E-state index in [1.807, 2.05) is 0 Å². The average molecular weight is 372 g/mol. The average Bonchev–Trinajstić information content (AvgIpc) is 3.00. The Morgan fingerprint density at radius 1 is 1.27 bits per heavy atom. The minimum atomic E-state index is -1.04. The molecule has 0 saturated heterocycles. The minimum Gasteiger partial charge on any atom is -0.482 e. The van der Waals surface area contributed by atoms with Crippen molar-refractivity contribution in [3.8, 4) is 17.1 Å². The van der Waals surface area contributed by atoms with Crippen LogP contribution in [0, 0.1) is 10.6 Å². The molecular weight excluding hydrogens is 359 g/mol. The zero-order valence-corrected chi connectivity index (χ0v) is 14.1. The van der Waals surface area contributed by atoms with Gasteiger partial charge >= 0.3 is 5.97 Å². The van der Waals surface area contributed by atoms with Crippen molar-refractivity contribution in [3.63, 3.8) is 0 Å². The fourth-order valence-corrected chi connectivity index (χ4v) is 2.28. The highest BCUT2D eigenvalue weighted by Crippen LogP contribution is 2.18. The van der Waals surface area contributed by atoms with E-state index in [1.54, 1.807) is 42.6 Å². The van der Waals surface area contributed by atoms with Gasteiger partial charge in [-0.1, -0.05) is 0 Å². The summed E-state index contributed by atoms with van der Waals surface area (Å²) in [7, 11) is 0. The number of rotatable bonds is 6. The van der Waals surface area contributed by atoms with Crippen LogP contribution in [-0.4, -0.2) is 38.8 Å². The topological polar surface area (TPSA) is 92.5 Å². The molecule has 26 heavy (non-hydrogen) atoms. The summed E-state index contributed by atoms with van der Waals surface area (Å²) in [5.41, 5.74) is 1.41. The first-order valence-corrected chi connectivity index (χ1v) is 7.86. The zero-order chi connectivity index (χ0) is 18.5. The Labute approximate surface area is 152 Å². The number of nitrogens with zero attached hydrogens (tertiary/aromatic N) is 3. The first kappa shape index (κ1) is 17.5. The molecule has 3 aromatic rings. The number of hydrogen-bond donors (Lipinski definition) is 2. The minimum absolute atomic E-state index is 0.294. The van der Waals surface area contributed by atoms with Crippen molar-refractivity contribution in [2.75, 3.05) is 6.61 Å². The predicted octanol–water partition coefficient (Wildman–Crippen LogP) is 3.09. The van der Waals surface area contributed by atoms with Crippen LogP contribution in [0.3, 0.4) is 0 Å². The van der Waals surface area contributed by atoms with Gasteiger partial charge in [-0.25, -0.2) is 14.3 Å². The quantitative estimate of drug-likeness (QED) is 0.512. The van der Waals surface area contributed by atoms with Gasteiger partial charge in [0.15, 0.2) is 12.4 Å². The number of carbonyl (C=O) groups is 1. The van der Waals surface area contributed by atoms with Crippen LogP contribution < -0.4 is 4.74 Å². The van der Waals surface area contributed by atoms with Gasteiger partial charge in [0, 0.05) is 5.56 Å². The Bertz CT molecular complexity index is 994. The third-order valence-corrected chi connectivity index (χ3v) is 3.58. The molecule has 0 fully saturated rings. The van der Waals surface area contributed by atoms with E-state index < -0.39 is 12.6 Å². The molecule has 0 unspecified atom stereocenters. The second kappa shape index (κ2) is 7.70. The molecule has 2 N–H and O–H groups in total.